The van der Waals surface area contributed by atoms with E-state index >= 15 is 0 Å². The van der Waals surface area contributed by atoms with Crippen LogP contribution in [0.3, 0.4) is 0 Å². The zero-order valence-corrected chi connectivity index (χ0v) is 45.7. The predicted octanol–water partition coefficient (Wildman–Crippen LogP) is 15.9. The molecular formula is C58H105N2O7P. The Balaban J connectivity index is 5.49. The van der Waals surface area contributed by atoms with Crippen molar-refractivity contribution in [3.63, 3.8) is 0 Å². The van der Waals surface area contributed by atoms with Crippen molar-refractivity contribution in [2.75, 3.05) is 40.9 Å². The molecule has 0 rings (SSSR count). The van der Waals surface area contributed by atoms with Gasteiger partial charge in [0.2, 0.25) is 5.91 Å². The number of esters is 1. The summed E-state index contributed by atoms with van der Waals surface area (Å²) in [5, 5.41) is 2.99. The molecule has 10 heteroatoms. The van der Waals surface area contributed by atoms with Crippen LogP contribution in [0.25, 0.3) is 0 Å². The van der Waals surface area contributed by atoms with Crippen LogP contribution in [0.4, 0.5) is 0 Å². The average molecular weight is 973 g/mol. The molecule has 3 unspecified atom stereocenters. The number of nitrogens with one attached hydrogen (secondary N) is 1. The number of rotatable bonds is 49. The topological polar surface area (TPSA) is 114 Å². The van der Waals surface area contributed by atoms with Crippen LogP contribution in [0, 0.1) is 0 Å². The lowest BCUT2D eigenvalue weighted by atomic mass is 10.0. The molecule has 0 aliphatic heterocycles. The molecule has 0 spiro atoms. The molecule has 0 aliphatic rings. The number of allylic oxidation sites excluding steroid dienone is 11. The second-order valence-electron chi connectivity index (χ2n) is 19.7. The van der Waals surface area contributed by atoms with Crippen molar-refractivity contribution in [2.24, 2.45) is 0 Å². The Kier molecular flexibility index (Phi) is 46.3. The fourth-order valence-electron chi connectivity index (χ4n) is 7.56. The molecule has 0 aromatic rings. The van der Waals surface area contributed by atoms with Crippen LogP contribution in [0.5, 0.6) is 0 Å². The largest absolute Gasteiger partial charge is 0.756 e. The lowest BCUT2D eigenvalue weighted by Crippen LogP contribution is -2.47. The van der Waals surface area contributed by atoms with Crippen molar-refractivity contribution in [2.45, 2.75) is 245 Å². The number of carbonyl (C=O) groups excluding carboxylic acids is 2. The summed E-state index contributed by atoms with van der Waals surface area (Å²) in [7, 11) is 1.15. The van der Waals surface area contributed by atoms with Gasteiger partial charge >= 0.3 is 5.97 Å². The number of ether oxygens (including phenoxy) is 1. The quantitative estimate of drug-likeness (QED) is 0.0212. The molecule has 0 bridgehead atoms. The van der Waals surface area contributed by atoms with Gasteiger partial charge in [-0.05, 0) is 96.0 Å². The van der Waals surface area contributed by atoms with E-state index in [-0.39, 0.29) is 31.3 Å². The first-order chi connectivity index (χ1) is 32.9. The van der Waals surface area contributed by atoms with Gasteiger partial charge in [0.15, 0.2) is 0 Å². The van der Waals surface area contributed by atoms with Crippen LogP contribution in [-0.4, -0.2) is 69.4 Å². The Hall–Kier alpha value is -2.55. The molecule has 0 heterocycles. The van der Waals surface area contributed by atoms with Gasteiger partial charge in [0.05, 0.1) is 33.8 Å². The van der Waals surface area contributed by atoms with Crippen molar-refractivity contribution in [3.05, 3.63) is 72.9 Å². The summed E-state index contributed by atoms with van der Waals surface area (Å²) in [5.41, 5.74) is 0. The van der Waals surface area contributed by atoms with Crippen LogP contribution in [0.15, 0.2) is 72.9 Å². The van der Waals surface area contributed by atoms with Crippen LogP contribution in [0.1, 0.15) is 233 Å². The van der Waals surface area contributed by atoms with Gasteiger partial charge in [0.25, 0.3) is 7.82 Å². The number of carbonyl (C=O) groups is 2. The minimum absolute atomic E-state index is 0.0333. The smallest absolute Gasteiger partial charge is 0.306 e. The van der Waals surface area contributed by atoms with Crippen LogP contribution in [0.2, 0.25) is 0 Å². The van der Waals surface area contributed by atoms with E-state index in [9.17, 15) is 19.0 Å². The highest BCUT2D eigenvalue weighted by atomic mass is 31.2. The molecule has 68 heavy (non-hydrogen) atoms. The van der Waals surface area contributed by atoms with Crippen LogP contribution < -0.4 is 10.2 Å². The van der Waals surface area contributed by atoms with Crippen molar-refractivity contribution in [3.8, 4) is 0 Å². The maximum Gasteiger partial charge on any atom is 0.306 e. The number of amides is 1. The Labute approximate surface area is 419 Å². The van der Waals surface area contributed by atoms with Gasteiger partial charge in [0, 0.05) is 12.8 Å². The molecule has 0 saturated heterocycles. The minimum Gasteiger partial charge on any atom is -0.756 e. The van der Waals surface area contributed by atoms with Crippen molar-refractivity contribution in [1.82, 2.24) is 5.32 Å². The number of likely N-dealkylation sites (N-methyl/N-ethyl adjacent to an activating group) is 1. The Bertz CT molecular complexity index is 1400. The number of unbranched alkanes of at least 4 members (excludes halogenated alkanes) is 23. The van der Waals surface area contributed by atoms with E-state index in [0.29, 0.717) is 23.9 Å². The number of phosphoric ester groups is 1. The summed E-state index contributed by atoms with van der Waals surface area (Å²) in [5.74, 6) is -0.599. The number of phosphoric acid groups is 1. The molecule has 1 N–H and O–H groups in total. The van der Waals surface area contributed by atoms with E-state index in [2.05, 4.69) is 86.8 Å². The van der Waals surface area contributed by atoms with E-state index in [4.69, 9.17) is 13.8 Å². The highest BCUT2D eigenvalue weighted by Crippen LogP contribution is 2.38. The second kappa shape index (κ2) is 48.1. The fourth-order valence-corrected chi connectivity index (χ4v) is 8.29. The molecule has 9 nitrogen and oxygen atoms in total. The van der Waals surface area contributed by atoms with Gasteiger partial charge in [-0.15, -0.1) is 0 Å². The van der Waals surface area contributed by atoms with Crippen LogP contribution >= 0.6 is 7.82 Å². The number of hydrogen-bond donors (Lipinski definition) is 1. The normalized spacial score (nSPS) is 14.4. The lowest BCUT2D eigenvalue weighted by molar-refractivity contribution is -0.870. The standard InChI is InChI=1S/C58H105N2O7P/c1-7-10-13-16-19-22-25-28-29-30-33-35-38-41-44-47-50-57(61)59-55(54-66-68(63,64)65-53-52-60(4,5)6)56(49-46-43-40-37-34-31-26-23-20-17-14-11-8-2)67-58(62)51-48-45-42-39-36-32-27-24-21-18-15-12-9-3/h10,13,19,22,28-29,32-33,35-36,46,49,55-56H,7-9,11-12,14-18,20-21,23-27,30-31,34,37-45,47-48,50-54H2,1-6H3,(H-,59,61,63,64)/b13-10+,22-19+,29-28+,35-33+,36-32-,49-46+. The van der Waals surface area contributed by atoms with Gasteiger partial charge in [-0.3, -0.25) is 14.2 Å². The third-order valence-corrected chi connectivity index (χ3v) is 12.8. The number of hydrogen-bond acceptors (Lipinski definition) is 7. The zero-order chi connectivity index (χ0) is 50.1. The second-order valence-corrected chi connectivity index (χ2v) is 21.1. The highest BCUT2D eigenvalue weighted by Gasteiger charge is 2.27. The number of nitrogens with zero attached hydrogens (tertiary/aromatic N) is 1. The first kappa shape index (κ1) is 65.5. The lowest BCUT2D eigenvalue weighted by Gasteiger charge is -2.30. The molecule has 1 amide bonds. The fraction of sp³-hybridized carbons (Fsp3) is 0.759. The maximum absolute atomic E-state index is 13.4. The van der Waals surface area contributed by atoms with Crippen molar-refractivity contribution >= 4 is 19.7 Å². The molecule has 0 aliphatic carbocycles. The summed E-state index contributed by atoms with van der Waals surface area (Å²) in [4.78, 5) is 39.8. The van der Waals surface area contributed by atoms with Gasteiger partial charge in [-0.1, -0.05) is 197 Å². The molecule has 0 fully saturated rings. The third-order valence-electron chi connectivity index (χ3n) is 11.9. The summed E-state index contributed by atoms with van der Waals surface area (Å²) < 4.78 is 30.2. The summed E-state index contributed by atoms with van der Waals surface area (Å²) in [6, 6.07) is -0.912. The Morgan fingerprint density at radius 2 is 0.941 bits per heavy atom. The first-order valence-corrected chi connectivity index (χ1v) is 29.2. The molecule has 3 atom stereocenters. The van der Waals surface area contributed by atoms with Crippen molar-refractivity contribution < 1.29 is 37.3 Å². The molecule has 0 aromatic carbocycles. The monoisotopic (exact) mass is 973 g/mol. The van der Waals surface area contributed by atoms with E-state index < -0.39 is 26.6 Å². The van der Waals surface area contributed by atoms with Gasteiger partial charge < -0.3 is 28.5 Å². The summed E-state index contributed by atoms with van der Waals surface area (Å²) in [6.45, 7) is 6.67. The van der Waals surface area contributed by atoms with E-state index in [1.54, 1.807) is 0 Å². The molecular weight excluding hydrogens is 868 g/mol. The molecule has 394 valence electrons. The third kappa shape index (κ3) is 48.5. The van der Waals surface area contributed by atoms with Crippen molar-refractivity contribution in [1.29, 1.82) is 0 Å². The molecule has 0 aromatic heterocycles. The first-order valence-electron chi connectivity index (χ1n) is 27.7. The predicted molar refractivity (Wildman–Crippen MR) is 288 cm³/mol. The molecule has 0 saturated carbocycles. The summed E-state index contributed by atoms with van der Waals surface area (Å²) in [6.07, 6.45) is 60.1. The maximum atomic E-state index is 13.4. The average Bonchev–Trinajstić information content (AvgIpc) is 3.29. The van der Waals surface area contributed by atoms with E-state index in [1.165, 1.54) is 96.3 Å². The minimum atomic E-state index is -4.71. The summed E-state index contributed by atoms with van der Waals surface area (Å²) >= 11 is 0. The number of quaternary nitrogens is 1. The molecule has 0 radical (unpaired) electrons. The van der Waals surface area contributed by atoms with Gasteiger partial charge in [0.1, 0.15) is 19.3 Å². The SMILES string of the molecule is CC/C=C/C/C=C/C/C=C/C/C=C/CCCCCC(=O)NC(COP(=O)([O-])OCC[N+](C)(C)C)C(/C=C/CCCCCCCCCCCCC)OC(=O)CCCCC/C=C\CCCCCCCC. The Morgan fingerprint density at radius 3 is 1.43 bits per heavy atom. The highest BCUT2D eigenvalue weighted by molar-refractivity contribution is 7.45. The van der Waals surface area contributed by atoms with Gasteiger partial charge in [-0.25, -0.2) is 0 Å². The zero-order valence-electron chi connectivity index (χ0n) is 44.8. The Morgan fingerprint density at radius 1 is 0.529 bits per heavy atom. The van der Waals surface area contributed by atoms with E-state index in [1.807, 2.05) is 33.3 Å². The van der Waals surface area contributed by atoms with E-state index in [0.717, 1.165) is 89.9 Å². The van der Waals surface area contributed by atoms with Crippen LogP contribution in [-0.2, 0) is 27.9 Å². The van der Waals surface area contributed by atoms with Gasteiger partial charge in [-0.2, -0.15) is 0 Å².